The molecule has 1 aromatic heterocycles. The number of carbonyl (C=O) groups is 2. The number of anilines is 1. The van der Waals surface area contributed by atoms with E-state index >= 15 is 0 Å². The predicted molar refractivity (Wildman–Crippen MR) is 126 cm³/mol. The van der Waals surface area contributed by atoms with Crippen LogP contribution in [0.5, 0.6) is 0 Å². The van der Waals surface area contributed by atoms with Crippen LogP contribution >= 0.6 is 0 Å². The van der Waals surface area contributed by atoms with Crippen molar-refractivity contribution in [2.45, 2.75) is 51.1 Å². The van der Waals surface area contributed by atoms with Crippen molar-refractivity contribution in [3.63, 3.8) is 0 Å². The first-order chi connectivity index (χ1) is 16.0. The molecule has 170 valence electrons. The largest absolute Gasteiger partial charge is 0.351 e. The second-order valence-corrected chi connectivity index (χ2v) is 8.48. The van der Waals surface area contributed by atoms with Crippen LogP contribution in [0.1, 0.15) is 59.8 Å². The molecule has 0 radical (unpaired) electrons. The van der Waals surface area contributed by atoms with E-state index in [0.29, 0.717) is 16.8 Å². The monoisotopic (exact) mass is 445 g/mol. The van der Waals surface area contributed by atoms with Gasteiger partial charge in [0.05, 0.1) is 0 Å². The molecule has 0 unspecified atom stereocenters. The lowest BCUT2D eigenvalue weighted by Gasteiger charge is -2.33. The summed E-state index contributed by atoms with van der Waals surface area (Å²) in [6, 6.07) is 17.9. The Morgan fingerprint density at radius 1 is 1.00 bits per heavy atom. The molecule has 6 heteroatoms. The van der Waals surface area contributed by atoms with Crippen molar-refractivity contribution in [2.75, 3.05) is 4.90 Å². The van der Waals surface area contributed by atoms with Crippen LogP contribution < -0.4 is 10.2 Å². The number of nitrogens with one attached hydrogen (secondary N) is 1. The molecule has 5 nitrogen and oxygen atoms in total. The lowest BCUT2D eigenvalue weighted by atomic mass is 9.94. The summed E-state index contributed by atoms with van der Waals surface area (Å²) in [7, 11) is 0. The molecule has 0 saturated heterocycles. The normalized spacial score (nSPS) is 15.0. The minimum absolute atomic E-state index is 0.0685. The van der Waals surface area contributed by atoms with Gasteiger partial charge < -0.3 is 5.32 Å². The van der Waals surface area contributed by atoms with Crippen LogP contribution in [0, 0.1) is 12.7 Å². The third-order valence-corrected chi connectivity index (χ3v) is 6.11. The number of aromatic nitrogens is 1. The summed E-state index contributed by atoms with van der Waals surface area (Å²) < 4.78 is 14.6. The molecule has 3 aromatic rings. The number of benzene rings is 2. The summed E-state index contributed by atoms with van der Waals surface area (Å²) in [4.78, 5) is 33.0. The number of hydrogen-bond donors (Lipinski definition) is 1. The fourth-order valence-corrected chi connectivity index (χ4v) is 4.31. The molecule has 1 atom stereocenters. The Hall–Kier alpha value is -3.54. The third kappa shape index (κ3) is 5.28. The van der Waals surface area contributed by atoms with E-state index in [0.717, 1.165) is 25.7 Å². The summed E-state index contributed by atoms with van der Waals surface area (Å²) in [5, 5.41) is 3.15. The smallest absolute Gasteiger partial charge is 0.277 e. The van der Waals surface area contributed by atoms with Gasteiger partial charge in [0, 0.05) is 17.9 Å². The second-order valence-electron chi connectivity index (χ2n) is 8.48. The number of halogens is 1. The molecular weight excluding hydrogens is 417 g/mol. The van der Waals surface area contributed by atoms with Gasteiger partial charge in [-0.25, -0.2) is 4.39 Å². The van der Waals surface area contributed by atoms with E-state index < -0.39 is 17.8 Å². The van der Waals surface area contributed by atoms with Gasteiger partial charge in [-0.15, -0.1) is 0 Å². The fourth-order valence-electron chi connectivity index (χ4n) is 4.31. The number of amides is 2. The van der Waals surface area contributed by atoms with Crippen molar-refractivity contribution in [1.82, 2.24) is 10.3 Å². The second kappa shape index (κ2) is 10.4. The van der Waals surface area contributed by atoms with Gasteiger partial charge in [-0.1, -0.05) is 61.7 Å². The molecule has 1 heterocycles. The summed E-state index contributed by atoms with van der Waals surface area (Å²) in [6.45, 7) is 1.66. The highest BCUT2D eigenvalue weighted by Crippen LogP contribution is 2.31. The Labute approximate surface area is 193 Å². The number of rotatable bonds is 6. The first-order valence-electron chi connectivity index (χ1n) is 11.4. The Balaban J connectivity index is 1.80. The van der Waals surface area contributed by atoms with Crippen molar-refractivity contribution in [3.8, 4) is 0 Å². The van der Waals surface area contributed by atoms with Gasteiger partial charge in [-0.2, -0.15) is 0 Å². The third-order valence-electron chi connectivity index (χ3n) is 6.11. The van der Waals surface area contributed by atoms with Gasteiger partial charge >= 0.3 is 0 Å². The summed E-state index contributed by atoms with van der Waals surface area (Å²) in [5.74, 6) is -1.18. The molecule has 0 aliphatic heterocycles. The maximum atomic E-state index is 14.6. The van der Waals surface area contributed by atoms with Crippen LogP contribution in [0.25, 0.3) is 0 Å². The van der Waals surface area contributed by atoms with Gasteiger partial charge in [-0.3, -0.25) is 19.5 Å². The predicted octanol–water partition coefficient (Wildman–Crippen LogP) is 5.37. The molecule has 33 heavy (non-hydrogen) atoms. The van der Waals surface area contributed by atoms with Crippen LogP contribution in [0.2, 0.25) is 0 Å². The molecule has 2 amide bonds. The number of hydrogen-bond acceptors (Lipinski definition) is 3. The SMILES string of the molecule is Cc1ccc(N(C(=O)c2ccccn2)[C@H](C(=O)NC2CCCCC2)c2ccccc2)cc1F. The van der Waals surface area contributed by atoms with E-state index in [-0.39, 0.29) is 17.6 Å². The van der Waals surface area contributed by atoms with Gasteiger partial charge in [0.2, 0.25) is 5.91 Å². The van der Waals surface area contributed by atoms with Crippen LogP contribution in [0.4, 0.5) is 10.1 Å². The zero-order valence-corrected chi connectivity index (χ0v) is 18.7. The lowest BCUT2D eigenvalue weighted by molar-refractivity contribution is -0.123. The zero-order chi connectivity index (χ0) is 23.2. The Bertz CT molecular complexity index is 1100. The van der Waals surface area contributed by atoms with E-state index in [1.54, 1.807) is 37.3 Å². The van der Waals surface area contributed by atoms with Gasteiger partial charge in [0.1, 0.15) is 17.6 Å². The molecule has 0 spiro atoms. The minimum atomic E-state index is -0.968. The highest BCUT2D eigenvalue weighted by Gasteiger charge is 2.35. The quantitative estimate of drug-likeness (QED) is 0.555. The summed E-state index contributed by atoms with van der Waals surface area (Å²) in [5.41, 5.74) is 1.61. The minimum Gasteiger partial charge on any atom is -0.351 e. The molecule has 1 fully saturated rings. The Morgan fingerprint density at radius 2 is 1.73 bits per heavy atom. The Kier molecular flexibility index (Phi) is 7.13. The number of nitrogens with zero attached hydrogens (tertiary/aromatic N) is 2. The first kappa shape index (κ1) is 22.6. The zero-order valence-electron chi connectivity index (χ0n) is 18.7. The fraction of sp³-hybridized carbons (Fsp3) is 0.296. The van der Waals surface area contributed by atoms with E-state index in [1.807, 2.05) is 30.3 Å². The highest BCUT2D eigenvalue weighted by atomic mass is 19.1. The molecule has 1 N–H and O–H groups in total. The van der Waals surface area contributed by atoms with Crippen molar-refractivity contribution in [2.24, 2.45) is 0 Å². The van der Waals surface area contributed by atoms with E-state index in [2.05, 4.69) is 10.3 Å². The maximum Gasteiger partial charge on any atom is 0.277 e. The molecular formula is C27H28FN3O2. The van der Waals surface area contributed by atoms with Gasteiger partial charge in [-0.05, 0) is 55.2 Å². The summed E-state index contributed by atoms with van der Waals surface area (Å²) in [6.07, 6.45) is 6.67. The number of aryl methyl sites for hydroxylation is 1. The molecule has 1 aliphatic rings. The topological polar surface area (TPSA) is 62.3 Å². The number of carbonyl (C=O) groups excluding carboxylic acids is 2. The maximum absolute atomic E-state index is 14.6. The van der Waals surface area contributed by atoms with Crippen LogP contribution in [0.15, 0.2) is 72.9 Å². The van der Waals surface area contributed by atoms with E-state index in [4.69, 9.17) is 0 Å². The standard InChI is InChI=1S/C27H28FN3O2/c1-19-15-16-22(18-23(19)28)31(27(33)24-14-8-9-17-29-24)25(20-10-4-2-5-11-20)26(32)30-21-12-6-3-7-13-21/h2,4-5,8-11,14-18,21,25H,3,6-7,12-13H2,1H3,(H,30,32)/t25-/m0/s1. The van der Waals surface area contributed by atoms with E-state index in [1.165, 1.54) is 23.6 Å². The molecule has 4 rings (SSSR count). The van der Waals surface area contributed by atoms with Crippen LogP contribution in [0.3, 0.4) is 0 Å². The van der Waals surface area contributed by atoms with Crippen molar-refractivity contribution >= 4 is 17.5 Å². The lowest BCUT2D eigenvalue weighted by Crippen LogP contribution is -2.47. The Morgan fingerprint density at radius 3 is 2.39 bits per heavy atom. The molecule has 1 aliphatic carbocycles. The number of pyridine rings is 1. The van der Waals surface area contributed by atoms with Crippen molar-refractivity contribution in [1.29, 1.82) is 0 Å². The average Bonchev–Trinajstić information content (AvgIpc) is 2.85. The molecule has 0 bridgehead atoms. The van der Waals surface area contributed by atoms with E-state index in [9.17, 15) is 14.0 Å². The highest BCUT2D eigenvalue weighted by molar-refractivity contribution is 6.09. The molecule has 1 saturated carbocycles. The first-order valence-corrected chi connectivity index (χ1v) is 11.4. The van der Waals surface area contributed by atoms with Crippen molar-refractivity contribution in [3.05, 3.63) is 95.6 Å². The molecule has 2 aromatic carbocycles. The van der Waals surface area contributed by atoms with Crippen LogP contribution in [-0.2, 0) is 4.79 Å². The average molecular weight is 446 g/mol. The van der Waals surface area contributed by atoms with Crippen LogP contribution in [-0.4, -0.2) is 22.8 Å². The summed E-state index contributed by atoms with van der Waals surface area (Å²) >= 11 is 0. The van der Waals surface area contributed by atoms with Gasteiger partial charge in [0.15, 0.2) is 0 Å². The van der Waals surface area contributed by atoms with Gasteiger partial charge in [0.25, 0.3) is 5.91 Å². The van der Waals surface area contributed by atoms with Crippen molar-refractivity contribution < 1.29 is 14.0 Å².